The van der Waals surface area contributed by atoms with E-state index >= 15 is 0 Å². The Balaban J connectivity index is 1.88. The van der Waals surface area contributed by atoms with E-state index < -0.39 is 0 Å². The van der Waals surface area contributed by atoms with Gasteiger partial charge in [0.1, 0.15) is 6.61 Å². The molecule has 1 aromatic carbocycles. The zero-order valence-corrected chi connectivity index (χ0v) is 8.08. The Kier molecular flexibility index (Phi) is 2.39. The first-order chi connectivity index (χ1) is 6.81. The molecule has 14 heavy (non-hydrogen) atoms. The van der Waals surface area contributed by atoms with Gasteiger partial charge in [-0.1, -0.05) is 19.1 Å². The van der Waals surface area contributed by atoms with E-state index in [-0.39, 0.29) is 5.97 Å². The highest BCUT2D eigenvalue weighted by molar-refractivity contribution is 5.69. The molecule has 0 aliphatic carbocycles. The third-order valence-corrected chi connectivity index (χ3v) is 2.07. The lowest BCUT2D eigenvalue weighted by Crippen LogP contribution is -2.02. The minimum atomic E-state index is -0.147. The molecule has 2 rings (SSSR count). The summed E-state index contributed by atoms with van der Waals surface area (Å²) in [6.07, 6.45) is 1.30. The molecular formula is C11H12O3. The third kappa shape index (κ3) is 1.87. The Morgan fingerprint density at radius 2 is 2.36 bits per heavy atom. The Hall–Kier alpha value is -1.51. The number of esters is 1. The molecule has 0 aromatic heterocycles. The molecule has 3 nitrogen and oxygen atoms in total. The molecule has 0 radical (unpaired) electrons. The van der Waals surface area contributed by atoms with Crippen LogP contribution in [-0.4, -0.2) is 5.97 Å². The molecule has 0 N–H and O–H groups in total. The number of fused-ring (bicyclic) bond motifs is 1. The number of ether oxygens (including phenoxy) is 2. The van der Waals surface area contributed by atoms with Crippen molar-refractivity contribution in [1.29, 1.82) is 0 Å². The molecule has 0 atom stereocenters. The van der Waals surface area contributed by atoms with E-state index in [0.29, 0.717) is 13.0 Å². The summed E-state index contributed by atoms with van der Waals surface area (Å²) in [4.78, 5) is 11.1. The van der Waals surface area contributed by atoms with Crippen LogP contribution >= 0.6 is 0 Å². The van der Waals surface area contributed by atoms with E-state index in [1.54, 1.807) is 0 Å². The van der Waals surface area contributed by atoms with Crippen LogP contribution in [0.1, 0.15) is 25.3 Å². The number of hydrogen-bond acceptors (Lipinski definition) is 3. The Morgan fingerprint density at radius 1 is 1.50 bits per heavy atom. The van der Waals surface area contributed by atoms with Crippen LogP contribution in [0.5, 0.6) is 11.5 Å². The second-order valence-corrected chi connectivity index (χ2v) is 3.26. The Morgan fingerprint density at radius 3 is 3.14 bits per heavy atom. The molecule has 0 fully saturated rings. The van der Waals surface area contributed by atoms with E-state index in [9.17, 15) is 4.79 Å². The first kappa shape index (κ1) is 9.06. The zero-order valence-electron chi connectivity index (χ0n) is 8.08. The van der Waals surface area contributed by atoms with Crippen LogP contribution in [0.3, 0.4) is 0 Å². The minimum Gasteiger partial charge on any atom is -0.461 e. The monoisotopic (exact) mass is 192 g/mol. The van der Waals surface area contributed by atoms with Crippen LogP contribution in [-0.2, 0) is 16.1 Å². The highest BCUT2D eigenvalue weighted by atomic mass is 16.6. The summed E-state index contributed by atoms with van der Waals surface area (Å²) in [5.74, 6) is 1.62. The highest BCUT2D eigenvalue weighted by Crippen LogP contribution is 2.47. The van der Waals surface area contributed by atoms with Gasteiger partial charge in [-0.15, -0.1) is 0 Å². The predicted molar refractivity (Wildman–Crippen MR) is 51.2 cm³/mol. The number of rotatable bonds is 4. The predicted octanol–water partition coefficient (Wildman–Crippen LogP) is 2.64. The van der Waals surface area contributed by atoms with Gasteiger partial charge in [-0.3, -0.25) is 4.79 Å². The molecule has 74 valence electrons. The van der Waals surface area contributed by atoms with Crippen molar-refractivity contribution >= 4 is 5.97 Å². The topological polar surface area (TPSA) is 38.8 Å². The van der Waals surface area contributed by atoms with Gasteiger partial charge in [0.05, 0.1) is 0 Å². The van der Waals surface area contributed by atoms with Crippen LogP contribution in [0.4, 0.5) is 0 Å². The molecule has 0 bridgehead atoms. The maximum atomic E-state index is 11.1. The average molecular weight is 192 g/mol. The molecular weight excluding hydrogens is 180 g/mol. The van der Waals surface area contributed by atoms with Gasteiger partial charge < -0.3 is 9.47 Å². The van der Waals surface area contributed by atoms with Crippen molar-refractivity contribution in [1.82, 2.24) is 0 Å². The summed E-state index contributed by atoms with van der Waals surface area (Å²) >= 11 is 0. The lowest BCUT2D eigenvalue weighted by atomic mass is 10.2. The molecule has 1 aliphatic heterocycles. The van der Waals surface area contributed by atoms with Crippen molar-refractivity contribution in [2.75, 3.05) is 0 Å². The fraction of sp³-hybridized carbons (Fsp3) is 0.364. The SMILES string of the molecule is CCCC(=O)OCc1cccc2c1O2. The number of para-hydroxylation sites is 1. The van der Waals surface area contributed by atoms with E-state index in [1.807, 2.05) is 25.1 Å². The quantitative estimate of drug-likeness (QED) is 0.552. The van der Waals surface area contributed by atoms with E-state index in [4.69, 9.17) is 9.47 Å². The summed E-state index contributed by atoms with van der Waals surface area (Å²) in [7, 11) is 0. The van der Waals surface area contributed by atoms with Crippen LogP contribution in [0, 0.1) is 0 Å². The summed E-state index contributed by atoms with van der Waals surface area (Å²) in [5.41, 5.74) is 0.951. The summed E-state index contributed by atoms with van der Waals surface area (Å²) < 4.78 is 10.2. The largest absolute Gasteiger partial charge is 0.461 e. The van der Waals surface area contributed by atoms with Crippen LogP contribution in [0.25, 0.3) is 0 Å². The van der Waals surface area contributed by atoms with Crippen LogP contribution in [0.15, 0.2) is 18.2 Å². The molecule has 3 heteroatoms. The smallest absolute Gasteiger partial charge is 0.306 e. The van der Waals surface area contributed by atoms with Crippen LogP contribution in [0.2, 0.25) is 0 Å². The molecule has 1 heterocycles. The van der Waals surface area contributed by atoms with Gasteiger partial charge in [-0.05, 0) is 12.5 Å². The summed E-state index contributed by atoms with van der Waals surface area (Å²) in [5, 5.41) is 0. The van der Waals surface area contributed by atoms with Crippen molar-refractivity contribution < 1.29 is 14.3 Å². The molecule has 0 amide bonds. The first-order valence-electron chi connectivity index (χ1n) is 4.76. The van der Waals surface area contributed by atoms with Crippen molar-refractivity contribution in [3.63, 3.8) is 0 Å². The van der Waals surface area contributed by atoms with Gasteiger partial charge in [0, 0.05) is 12.0 Å². The Bertz CT molecular complexity index is 358. The Labute approximate surface area is 82.6 Å². The fourth-order valence-corrected chi connectivity index (χ4v) is 1.29. The normalized spacial score (nSPS) is 11.5. The molecule has 1 aromatic rings. The van der Waals surface area contributed by atoms with Gasteiger partial charge in [0.25, 0.3) is 0 Å². The van der Waals surface area contributed by atoms with Crippen molar-refractivity contribution in [3.05, 3.63) is 23.8 Å². The second kappa shape index (κ2) is 3.70. The summed E-state index contributed by atoms with van der Waals surface area (Å²) in [6.45, 7) is 2.27. The summed E-state index contributed by atoms with van der Waals surface area (Å²) in [6, 6.07) is 5.70. The standard InChI is InChI=1S/C11H12O3/c1-2-4-10(12)13-7-8-5-3-6-9-11(8)14-9/h3,5-6H,2,4,7H2,1H3. The number of benzene rings is 1. The van der Waals surface area contributed by atoms with Crippen molar-refractivity contribution in [3.8, 4) is 11.5 Å². The lowest BCUT2D eigenvalue weighted by Gasteiger charge is -2.01. The first-order valence-corrected chi connectivity index (χ1v) is 4.76. The molecule has 0 saturated carbocycles. The maximum absolute atomic E-state index is 11.1. The van der Waals surface area contributed by atoms with Gasteiger partial charge in [-0.25, -0.2) is 0 Å². The average Bonchev–Trinajstić information content (AvgIpc) is 2.94. The zero-order chi connectivity index (χ0) is 9.97. The van der Waals surface area contributed by atoms with E-state index in [1.165, 1.54) is 0 Å². The van der Waals surface area contributed by atoms with Crippen LogP contribution < -0.4 is 4.74 Å². The lowest BCUT2D eigenvalue weighted by molar-refractivity contribution is -0.144. The second-order valence-electron chi connectivity index (χ2n) is 3.26. The van der Waals surface area contributed by atoms with Gasteiger partial charge >= 0.3 is 5.97 Å². The third-order valence-electron chi connectivity index (χ3n) is 2.07. The molecule has 0 spiro atoms. The van der Waals surface area contributed by atoms with Gasteiger partial charge in [-0.2, -0.15) is 0 Å². The molecule has 1 aliphatic rings. The number of carbonyl (C=O) groups excluding carboxylic acids is 1. The van der Waals surface area contributed by atoms with Gasteiger partial charge in [0.15, 0.2) is 11.5 Å². The van der Waals surface area contributed by atoms with Crippen molar-refractivity contribution in [2.45, 2.75) is 26.4 Å². The molecule has 0 unspecified atom stereocenters. The highest BCUT2D eigenvalue weighted by Gasteiger charge is 2.23. The van der Waals surface area contributed by atoms with E-state index in [0.717, 1.165) is 23.5 Å². The van der Waals surface area contributed by atoms with E-state index in [2.05, 4.69) is 0 Å². The van der Waals surface area contributed by atoms with Gasteiger partial charge in [0.2, 0.25) is 0 Å². The molecule has 0 saturated heterocycles. The minimum absolute atomic E-state index is 0.147. The number of carbonyl (C=O) groups is 1. The number of hydrogen-bond donors (Lipinski definition) is 0. The fourth-order valence-electron chi connectivity index (χ4n) is 1.29. The van der Waals surface area contributed by atoms with Crippen molar-refractivity contribution in [2.24, 2.45) is 0 Å². The maximum Gasteiger partial charge on any atom is 0.306 e.